The first kappa shape index (κ1) is 12.9. The summed E-state index contributed by atoms with van der Waals surface area (Å²) in [6, 6.07) is 1.36. The second-order valence-corrected chi connectivity index (χ2v) is 6.14. The Hall–Kier alpha value is -0.160. The molecule has 3 heterocycles. The van der Waals surface area contributed by atoms with Crippen LogP contribution >= 0.6 is 0 Å². The summed E-state index contributed by atoms with van der Waals surface area (Å²) >= 11 is 0. The minimum absolute atomic E-state index is 0.134. The summed E-state index contributed by atoms with van der Waals surface area (Å²) in [5, 5.41) is 3.53. The van der Waals surface area contributed by atoms with E-state index in [1.165, 1.54) is 25.9 Å². The summed E-state index contributed by atoms with van der Waals surface area (Å²) in [4.78, 5) is 2.68. The first-order valence-electron chi connectivity index (χ1n) is 7.47. The highest BCUT2D eigenvalue weighted by molar-refractivity contribution is 4.94. The molecule has 4 nitrogen and oxygen atoms in total. The molecule has 1 spiro atoms. The Bertz CT molecular complexity index is 273. The van der Waals surface area contributed by atoms with Crippen LogP contribution in [0.3, 0.4) is 0 Å². The number of nitrogens with one attached hydrogen (secondary N) is 1. The van der Waals surface area contributed by atoms with Crippen LogP contribution in [0.2, 0.25) is 0 Å². The molecule has 1 N–H and O–H groups in total. The Morgan fingerprint density at radius 3 is 2.83 bits per heavy atom. The monoisotopic (exact) mass is 254 g/mol. The summed E-state index contributed by atoms with van der Waals surface area (Å²) in [5.74, 6) is 0. The van der Waals surface area contributed by atoms with E-state index in [1.54, 1.807) is 0 Å². The first-order chi connectivity index (χ1) is 8.77. The summed E-state index contributed by atoms with van der Waals surface area (Å²) in [6.07, 6.45) is 4.59. The van der Waals surface area contributed by atoms with Crippen molar-refractivity contribution in [3.8, 4) is 0 Å². The van der Waals surface area contributed by atoms with E-state index in [0.717, 1.165) is 45.2 Å². The van der Waals surface area contributed by atoms with Crippen molar-refractivity contribution >= 4 is 0 Å². The van der Waals surface area contributed by atoms with Gasteiger partial charge in [-0.1, -0.05) is 0 Å². The Morgan fingerprint density at radius 2 is 2.06 bits per heavy atom. The van der Waals surface area contributed by atoms with Crippen molar-refractivity contribution in [2.45, 2.75) is 50.3 Å². The zero-order valence-corrected chi connectivity index (χ0v) is 11.5. The van der Waals surface area contributed by atoms with Crippen molar-refractivity contribution in [3.63, 3.8) is 0 Å². The molecular formula is C14H26N2O2. The molecule has 2 unspecified atom stereocenters. The molecule has 18 heavy (non-hydrogen) atoms. The number of hydrogen-bond acceptors (Lipinski definition) is 4. The van der Waals surface area contributed by atoms with Crippen molar-refractivity contribution in [1.29, 1.82) is 0 Å². The zero-order chi connectivity index (χ0) is 12.4. The molecule has 0 aliphatic carbocycles. The van der Waals surface area contributed by atoms with Crippen LogP contribution in [0.25, 0.3) is 0 Å². The van der Waals surface area contributed by atoms with E-state index in [4.69, 9.17) is 9.47 Å². The van der Waals surface area contributed by atoms with Gasteiger partial charge in [-0.2, -0.15) is 0 Å². The maximum absolute atomic E-state index is 6.13. The van der Waals surface area contributed by atoms with Gasteiger partial charge >= 0.3 is 0 Å². The van der Waals surface area contributed by atoms with Crippen molar-refractivity contribution in [2.75, 3.05) is 39.5 Å². The standard InChI is InChI=1S/C14H26N2O2/c1-12-11-16(6-5-15-12)13-2-7-18-14(10-13)3-8-17-9-4-14/h12-13,15H,2-11H2,1H3. The van der Waals surface area contributed by atoms with Crippen LogP contribution < -0.4 is 5.32 Å². The molecule has 3 aliphatic rings. The minimum atomic E-state index is 0.134. The van der Waals surface area contributed by atoms with Crippen LogP contribution in [0.15, 0.2) is 0 Å². The third kappa shape index (κ3) is 2.72. The summed E-state index contributed by atoms with van der Waals surface area (Å²) in [6.45, 7) is 8.50. The number of piperazine rings is 1. The van der Waals surface area contributed by atoms with Crippen LogP contribution in [0.1, 0.15) is 32.6 Å². The lowest BCUT2D eigenvalue weighted by Crippen LogP contribution is -2.57. The number of rotatable bonds is 1. The van der Waals surface area contributed by atoms with E-state index in [2.05, 4.69) is 17.1 Å². The van der Waals surface area contributed by atoms with E-state index in [9.17, 15) is 0 Å². The van der Waals surface area contributed by atoms with E-state index in [1.807, 2.05) is 0 Å². The van der Waals surface area contributed by atoms with Crippen molar-refractivity contribution in [3.05, 3.63) is 0 Å². The topological polar surface area (TPSA) is 33.7 Å². The van der Waals surface area contributed by atoms with Gasteiger partial charge in [0.15, 0.2) is 0 Å². The zero-order valence-electron chi connectivity index (χ0n) is 11.5. The molecule has 0 aromatic heterocycles. The van der Waals surface area contributed by atoms with Crippen molar-refractivity contribution in [2.24, 2.45) is 0 Å². The molecule has 3 fully saturated rings. The molecule has 0 saturated carbocycles. The molecule has 0 aromatic carbocycles. The number of nitrogens with zero attached hydrogens (tertiary/aromatic N) is 1. The summed E-state index contributed by atoms with van der Waals surface area (Å²) < 4.78 is 11.6. The molecule has 0 amide bonds. The molecule has 3 saturated heterocycles. The van der Waals surface area contributed by atoms with Crippen molar-refractivity contribution < 1.29 is 9.47 Å². The highest BCUT2D eigenvalue weighted by Crippen LogP contribution is 2.36. The Balaban J connectivity index is 1.62. The van der Waals surface area contributed by atoms with E-state index >= 15 is 0 Å². The molecule has 3 rings (SSSR count). The van der Waals surface area contributed by atoms with Gasteiger partial charge < -0.3 is 14.8 Å². The van der Waals surface area contributed by atoms with E-state index < -0.39 is 0 Å². The van der Waals surface area contributed by atoms with E-state index in [0.29, 0.717) is 6.04 Å². The SMILES string of the molecule is CC1CN(C2CCOC3(CCOCC3)C2)CCN1. The maximum atomic E-state index is 6.13. The minimum Gasteiger partial charge on any atom is -0.381 e. The third-order valence-electron chi connectivity index (χ3n) is 4.79. The Kier molecular flexibility index (Phi) is 3.89. The molecule has 2 atom stereocenters. The predicted molar refractivity (Wildman–Crippen MR) is 70.8 cm³/mol. The van der Waals surface area contributed by atoms with Crippen LogP contribution in [0.5, 0.6) is 0 Å². The fourth-order valence-corrected chi connectivity index (χ4v) is 3.70. The van der Waals surface area contributed by atoms with Gasteiger partial charge in [-0.3, -0.25) is 4.90 Å². The number of hydrogen-bond donors (Lipinski definition) is 1. The lowest BCUT2D eigenvalue weighted by molar-refractivity contribution is -0.152. The average Bonchev–Trinajstić information content (AvgIpc) is 2.40. The fraction of sp³-hybridized carbons (Fsp3) is 1.00. The molecule has 0 bridgehead atoms. The normalized spacial score (nSPS) is 37.8. The lowest BCUT2D eigenvalue weighted by atomic mass is 9.83. The van der Waals surface area contributed by atoms with Gasteiger partial charge in [0, 0.05) is 51.5 Å². The smallest absolute Gasteiger partial charge is 0.0741 e. The maximum Gasteiger partial charge on any atom is 0.0741 e. The van der Waals surface area contributed by atoms with Gasteiger partial charge in [0.05, 0.1) is 5.60 Å². The second kappa shape index (κ2) is 5.45. The molecule has 4 heteroatoms. The van der Waals surface area contributed by atoms with Gasteiger partial charge in [-0.05, 0) is 32.6 Å². The van der Waals surface area contributed by atoms with E-state index in [-0.39, 0.29) is 5.60 Å². The van der Waals surface area contributed by atoms with Crippen LogP contribution in [-0.4, -0.2) is 62.0 Å². The van der Waals surface area contributed by atoms with Gasteiger partial charge in [-0.15, -0.1) is 0 Å². The Labute approximate surface area is 110 Å². The van der Waals surface area contributed by atoms with Crippen LogP contribution in [0, 0.1) is 0 Å². The number of ether oxygens (including phenoxy) is 2. The quantitative estimate of drug-likeness (QED) is 0.757. The highest BCUT2D eigenvalue weighted by atomic mass is 16.5. The molecule has 104 valence electrons. The van der Waals surface area contributed by atoms with Gasteiger partial charge in [0.1, 0.15) is 0 Å². The molecule has 0 radical (unpaired) electrons. The predicted octanol–water partition coefficient (Wildman–Crippen LogP) is 1.01. The van der Waals surface area contributed by atoms with Crippen LogP contribution in [-0.2, 0) is 9.47 Å². The van der Waals surface area contributed by atoms with Crippen LogP contribution in [0.4, 0.5) is 0 Å². The fourth-order valence-electron chi connectivity index (χ4n) is 3.70. The largest absolute Gasteiger partial charge is 0.381 e. The second-order valence-electron chi connectivity index (χ2n) is 6.14. The van der Waals surface area contributed by atoms with Gasteiger partial charge in [-0.25, -0.2) is 0 Å². The first-order valence-corrected chi connectivity index (χ1v) is 7.47. The van der Waals surface area contributed by atoms with Gasteiger partial charge in [0.25, 0.3) is 0 Å². The highest BCUT2D eigenvalue weighted by Gasteiger charge is 2.41. The molecule has 3 aliphatic heterocycles. The molecular weight excluding hydrogens is 228 g/mol. The van der Waals surface area contributed by atoms with Crippen molar-refractivity contribution in [1.82, 2.24) is 10.2 Å². The summed E-state index contributed by atoms with van der Waals surface area (Å²) in [5.41, 5.74) is 0.134. The average molecular weight is 254 g/mol. The lowest BCUT2D eigenvalue weighted by Gasteiger charge is -2.48. The van der Waals surface area contributed by atoms with Gasteiger partial charge in [0.2, 0.25) is 0 Å². The third-order valence-corrected chi connectivity index (χ3v) is 4.79. The Morgan fingerprint density at radius 1 is 1.22 bits per heavy atom. The summed E-state index contributed by atoms with van der Waals surface area (Å²) in [7, 11) is 0. The molecule has 0 aromatic rings.